The molecule has 0 amide bonds. The molecule has 0 radical (unpaired) electrons. The molecule has 1 rings (SSSR count). The van der Waals surface area contributed by atoms with E-state index in [1.54, 1.807) is 0 Å². The minimum absolute atomic E-state index is 0.0566. The molecular formula is C11H23NO3S. The molecule has 5 heteroatoms. The summed E-state index contributed by atoms with van der Waals surface area (Å²) >= 11 is 0. The van der Waals surface area contributed by atoms with Crippen molar-refractivity contribution in [3.05, 3.63) is 0 Å². The minimum Gasteiger partial charge on any atom is -0.384 e. The van der Waals surface area contributed by atoms with E-state index >= 15 is 0 Å². The lowest BCUT2D eigenvalue weighted by molar-refractivity contribution is 0.213. The highest BCUT2D eigenvalue weighted by Gasteiger charge is 2.29. The summed E-state index contributed by atoms with van der Waals surface area (Å²) in [6.45, 7) is 4.58. The summed E-state index contributed by atoms with van der Waals surface area (Å²) in [4.78, 5) is 0. The van der Waals surface area contributed by atoms with E-state index in [0.29, 0.717) is 11.8 Å². The lowest BCUT2D eigenvalue weighted by Gasteiger charge is -2.34. The number of methoxy groups -OCH3 is 1. The molecule has 1 saturated carbocycles. The quantitative estimate of drug-likeness (QED) is 0.801. The van der Waals surface area contributed by atoms with E-state index in [9.17, 15) is 8.42 Å². The van der Waals surface area contributed by atoms with Crippen molar-refractivity contribution in [1.82, 2.24) is 4.72 Å². The first kappa shape index (κ1) is 13.9. The van der Waals surface area contributed by atoms with E-state index in [4.69, 9.17) is 4.74 Å². The van der Waals surface area contributed by atoms with Crippen LogP contribution in [0.3, 0.4) is 0 Å². The van der Waals surface area contributed by atoms with Gasteiger partial charge in [0.05, 0.1) is 12.4 Å². The monoisotopic (exact) mass is 249 g/mol. The number of nitrogens with one attached hydrogen (secondary N) is 1. The average molecular weight is 249 g/mol. The number of sulfonamides is 1. The lowest BCUT2D eigenvalue weighted by atomic mass is 9.78. The summed E-state index contributed by atoms with van der Waals surface area (Å²) in [6.07, 6.45) is 3.28. The lowest BCUT2D eigenvalue weighted by Crippen LogP contribution is -2.44. The Morgan fingerprint density at radius 2 is 2.00 bits per heavy atom. The van der Waals surface area contributed by atoms with E-state index in [0.717, 1.165) is 12.8 Å². The highest BCUT2D eigenvalue weighted by Crippen LogP contribution is 2.29. The Morgan fingerprint density at radius 1 is 1.31 bits per heavy atom. The third kappa shape index (κ3) is 4.03. The van der Waals surface area contributed by atoms with Gasteiger partial charge in [0.15, 0.2) is 0 Å². The highest BCUT2D eigenvalue weighted by molar-refractivity contribution is 7.89. The average Bonchev–Trinajstić information content (AvgIpc) is 2.22. The summed E-state index contributed by atoms with van der Waals surface area (Å²) < 4.78 is 31.0. The van der Waals surface area contributed by atoms with Gasteiger partial charge < -0.3 is 4.74 Å². The molecular weight excluding hydrogens is 226 g/mol. The Bertz CT molecular complexity index is 302. The maximum atomic E-state index is 11.7. The van der Waals surface area contributed by atoms with Gasteiger partial charge in [0.2, 0.25) is 10.0 Å². The summed E-state index contributed by atoms with van der Waals surface area (Å²) in [5.74, 6) is 1.08. The van der Waals surface area contributed by atoms with Crippen LogP contribution in [-0.4, -0.2) is 33.9 Å². The van der Waals surface area contributed by atoms with E-state index < -0.39 is 10.0 Å². The Kier molecular flexibility index (Phi) is 5.21. The molecule has 0 bridgehead atoms. The SMILES string of the molecule is COCCS(=O)(=O)N[C@@H]1CCC[C@H](C)[C@H]1C. The molecule has 0 saturated heterocycles. The van der Waals surface area contributed by atoms with Crippen molar-refractivity contribution in [1.29, 1.82) is 0 Å². The van der Waals surface area contributed by atoms with E-state index in [-0.39, 0.29) is 18.4 Å². The summed E-state index contributed by atoms with van der Waals surface area (Å²) in [7, 11) is -1.66. The summed E-state index contributed by atoms with van der Waals surface area (Å²) in [5, 5.41) is 0. The van der Waals surface area contributed by atoms with Gasteiger partial charge in [-0.05, 0) is 18.3 Å². The smallest absolute Gasteiger partial charge is 0.214 e. The first-order valence-electron chi connectivity index (χ1n) is 5.95. The van der Waals surface area contributed by atoms with Crippen LogP contribution >= 0.6 is 0 Å². The number of rotatable bonds is 5. The van der Waals surface area contributed by atoms with Gasteiger partial charge in [-0.15, -0.1) is 0 Å². The van der Waals surface area contributed by atoms with Crippen LogP contribution in [0.4, 0.5) is 0 Å². The Hall–Kier alpha value is -0.130. The van der Waals surface area contributed by atoms with Gasteiger partial charge in [0.1, 0.15) is 0 Å². The molecule has 1 N–H and O–H groups in total. The zero-order chi connectivity index (χ0) is 12.2. The molecule has 0 aliphatic heterocycles. The van der Waals surface area contributed by atoms with E-state index in [2.05, 4.69) is 18.6 Å². The van der Waals surface area contributed by atoms with Crippen molar-refractivity contribution in [2.75, 3.05) is 19.5 Å². The van der Waals surface area contributed by atoms with Gasteiger partial charge in [-0.1, -0.05) is 26.7 Å². The van der Waals surface area contributed by atoms with Crippen molar-refractivity contribution in [3.8, 4) is 0 Å². The van der Waals surface area contributed by atoms with Crippen LogP contribution in [0, 0.1) is 11.8 Å². The van der Waals surface area contributed by atoms with Crippen LogP contribution in [0.15, 0.2) is 0 Å². The van der Waals surface area contributed by atoms with Crippen LogP contribution in [0.2, 0.25) is 0 Å². The summed E-state index contributed by atoms with van der Waals surface area (Å²) in [5.41, 5.74) is 0. The predicted octanol–water partition coefficient (Wildman–Crippen LogP) is 1.38. The predicted molar refractivity (Wildman–Crippen MR) is 64.8 cm³/mol. The number of hydrogen-bond donors (Lipinski definition) is 1. The van der Waals surface area contributed by atoms with Gasteiger partial charge in [-0.2, -0.15) is 0 Å². The van der Waals surface area contributed by atoms with Crippen molar-refractivity contribution in [2.24, 2.45) is 11.8 Å². The topological polar surface area (TPSA) is 55.4 Å². The minimum atomic E-state index is -3.17. The number of hydrogen-bond acceptors (Lipinski definition) is 3. The second-order valence-corrected chi connectivity index (χ2v) is 6.68. The standard InChI is InChI=1S/C11H23NO3S/c1-9-5-4-6-11(10(9)2)12-16(13,14)8-7-15-3/h9-12H,4-8H2,1-3H3/t9-,10+,11+/m0/s1. The molecule has 0 aromatic rings. The van der Waals surface area contributed by atoms with Gasteiger partial charge in [-0.25, -0.2) is 13.1 Å². The molecule has 1 aliphatic rings. The molecule has 4 nitrogen and oxygen atoms in total. The molecule has 0 heterocycles. The molecule has 0 aromatic heterocycles. The molecule has 0 unspecified atom stereocenters. The van der Waals surface area contributed by atoms with Crippen molar-refractivity contribution < 1.29 is 13.2 Å². The van der Waals surface area contributed by atoms with Gasteiger partial charge in [-0.3, -0.25) is 0 Å². The normalized spacial score (nSPS) is 31.6. The Labute approximate surface area is 98.8 Å². The molecule has 96 valence electrons. The van der Waals surface area contributed by atoms with Crippen molar-refractivity contribution >= 4 is 10.0 Å². The molecule has 0 aromatic carbocycles. The molecule has 1 aliphatic carbocycles. The maximum Gasteiger partial charge on any atom is 0.214 e. The second-order valence-electron chi connectivity index (χ2n) is 4.80. The first-order chi connectivity index (χ1) is 7.46. The number of ether oxygens (including phenoxy) is 1. The van der Waals surface area contributed by atoms with Crippen LogP contribution in [0.25, 0.3) is 0 Å². The van der Waals surface area contributed by atoms with Crippen molar-refractivity contribution in [2.45, 2.75) is 39.2 Å². The van der Waals surface area contributed by atoms with Crippen LogP contribution < -0.4 is 4.72 Å². The van der Waals surface area contributed by atoms with Crippen molar-refractivity contribution in [3.63, 3.8) is 0 Å². The van der Waals surface area contributed by atoms with Gasteiger partial charge in [0, 0.05) is 13.2 Å². The first-order valence-corrected chi connectivity index (χ1v) is 7.60. The van der Waals surface area contributed by atoms with Gasteiger partial charge >= 0.3 is 0 Å². The third-order valence-corrected chi connectivity index (χ3v) is 4.96. The van der Waals surface area contributed by atoms with Crippen LogP contribution in [0.1, 0.15) is 33.1 Å². The fourth-order valence-electron chi connectivity index (χ4n) is 2.23. The highest BCUT2D eigenvalue weighted by atomic mass is 32.2. The summed E-state index contributed by atoms with van der Waals surface area (Å²) in [6, 6.07) is 0.102. The fraction of sp³-hybridized carbons (Fsp3) is 1.00. The maximum absolute atomic E-state index is 11.7. The van der Waals surface area contributed by atoms with E-state index in [1.165, 1.54) is 13.5 Å². The second kappa shape index (κ2) is 5.98. The zero-order valence-corrected chi connectivity index (χ0v) is 11.2. The van der Waals surface area contributed by atoms with Gasteiger partial charge in [0.25, 0.3) is 0 Å². The third-order valence-electron chi connectivity index (χ3n) is 3.59. The van der Waals surface area contributed by atoms with E-state index in [1.807, 2.05) is 0 Å². The zero-order valence-electron chi connectivity index (χ0n) is 10.4. The fourth-order valence-corrected chi connectivity index (χ4v) is 3.53. The Balaban J connectivity index is 2.52. The van der Waals surface area contributed by atoms with Crippen LogP contribution in [0.5, 0.6) is 0 Å². The van der Waals surface area contributed by atoms with Crippen LogP contribution in [-0.2, 0) is 14.8 Å². The molecule has 16 heavy (non-hydrogen) atoms. The Morgan fingerprint density at radius 3 is 2.62 bits per heavy atom. The molecule has 0 spiro atoms. The largest absolute Gasteiger partial charge is 0.384 e. The molecule has 3 atom stereocenters. The molecule has 1 fully saturated rings.